The molecule has 2 rings (SSSR count). The van der Waals surface area contributed by atoms with E-state index >= 15 is 0 Å². The molecule has 1 aromatic carbocycles. The van der Waals surface area contributed by atoms with Gasteiger partial charge in [0, 0.05) is 38.4 Å². The van der Waals surface area contributed by atoms with Crippen LogP contribution >= 0.6 is 0 Å². The molecule has 2 nitrogen and oxygen atoms in total. The fraction of sp³-hybridized carbons (Fsp3) is 0.538. The lowest BCUT2D eigenvalue weighted by atomic mass is 9.98. The molecule has 0 bridgehead atoms. The average Bonchev–Trinajstić information content (AvgIpc) is 2.79. The smallest absolute Gasteiger partial charge is 0.0367 e. The number of rotatable bonds is 7. The maximum absolute atomic E-state index is 3.93. The van der Waals surface area contributed by atoms with Crippen LogP contribution in [0.1, 0.15) is 66.4 Å². The molecule has 0 aromatic heterocycles. The van der Waals surface area contributed by atoms with Gasteiger partial charge in [0.1, 0.15) is 0 Å². The second-order valence-electron chi connectivity index (χ2n) is 6.64. The van der Waals surface area contributed by atoms with Gasteiger partial charge in [-0.1, -0.05) is 84.6 Å². The van der Waals surface area contributed by atoms with Gasteiger partial charge < -0.3 is 4.90 Å². The van der Waals surface area contributed by atoms with Gasteiger partial charge in [-0.3, -0.25) is 4.90 Å². The van der Waals surface area contributed by atoms with E-state index in [2.05, 4.69) is 72.7 Å². The summed E-state index contributed by atoms with van der Waals surface area (Å²) in [5.41, 5.74) is 4.10. The van der Waals surface area contributed by atoms with Crippen LogP contribution in [0.5, 0.6) is 0 Å². The van der Waals surface area contributed by atoms with E-state index in [1.807, 2.05) is 40.7 Å². The van der Waals surface area contributed by atoms with E-state index in [0.29, 0.717) is 5.92 Å². The standard InChI is InChI=1S/C22H32N2.2C2H6/c1-5-8-9-20(7-3)18-23-14-16-24(17-15-23)22-12-10-21(11-13-22)19(4)6-2;2*1-2/h5,7-13,19H,3,6,14-18H2,1-2,4H3;2*1-2H3/b8-5-,20-9+;;. The molecule has 0 amide bonds. The van der Waals surface area contributed by atoms with Gasteiger partial charge in [-0.15, -0.1) is 0 Å². The fourth-order valence-corrected chi connectivity index (χ4v) is 3.08. The van der Waals surface area contributed by atoms with Crippen LogP contribution < -0.4 is 4.90 Å². The second kappa shape index (κ2) is 16.2. The van der Waals surface area contributed by atoms with Crippen LogP contribution in [0.2, 0.25) is 0 Å². The number of nitrogens with zero attached hydrogens (tertiary/aromatic N) is 2. The first kappa shape index (κ1) is 26.2. The Morgan fingerprint density at radius 3 is 2.07 bits per heavy atom. The maximum atomic E-state index is 3.93. The third-order valence-corrected chi connectivity index (χ3v) is 4.98. The van der Waals surface area contributed by atoms with Gasteiger partial charge in [-0.05, 0) is 42.5 Å². The van der Waals surface area contributed by atoms with Crippen molar-refractivity contribution in [3.63, 3.8) is 0 Å². The topological polar surface area (TPSA) is 6.48 Å². The Morgan fingerprint density at radius 1 is 1.04 bits per heavy atom. The monoisotopic (exact) mass is 384 g/mol. The van der Waals surface area contributed by atoms with Crippen molar-refractivity contribution < 1.29 is 0 Å². The third-order valence-electron chi connectivity index (χ3n) is 4.98. The van der Waals surface area contributed by atoms with Gasteiger partial charge in [0.05, 0.1) is 0 Å². The molecule has 1 fully saturated rings. The molecular formula is C26H44N2. The third kappa shape index (κ3) is 8.93. The van der Waals surface area contributed by atoms with Crippen molar-refractivity contribution >= 4 is 5.69 Å². The van der Waals surface area contributed by atoms with Gasteiger partial charge in [-0.25, -0.2) is 0 Å². The Hall–Kier alpha value is -1.80. The fourth-order valence-electron chi connectivity index (χ4n) is 3.08. The highest BCUT2D eigenvalue weighted by Crippen LogP contribution is 2.23. The molecule has 1 atom stereocenters. The molecular weight excluding hydrogens is 340 g/mol. The normalized spacial score (nSPS) is 16.0. The van der Waals surface area contributed by atoms with E-state index in [1.165, 1.54) is 23.2 Å². The van der Waals surface area contributed by atoms with Crippen LogP contribution in [-0.2, 0) is 0 Å². The number of hydrogen-bond donors (Lipinski definition) is 0. The summed E-state index contributed by atoms with van der Waals surface area (Å²) in [7, 11) is 0. The Balaban J connectivity index is 0.00000171. The van der Waals surface area contributed by atoms with Gasteiger partial charge in [0.25, 0.3) is 0 Å². The molecule has 1 unspecified atom stereocenters. The number of allylic oxidation sites excluding steroid dienone is 3. The van der Waals surface area contributed by atoms with Crippen LogP contribution in [0.25, 0.3) is 0 Å². The second-order valence-corrected chi connectivity index (χ2v) is 6.64. The molecule has 2 heteroatoms. The molecule has 1 aromatic rings. The minimum Gasteiger partial charge on any atom is -0.369 e. The molecule has 0 aliphatic carbocycles. The number of anilines is 1. The van der Waals surface area contributed by atoms with Gasteiger partial charge in [-0.2, -0.15) is 0 Å². The summed E-state index contributed by atoms with van der Waals surface area (Å²) in [6.07, 6.45) is 9.48. The summed E-state index contributed by atoms with van der Waals surface area (Å²) in [4.78, 5) is 5.02. The molecule has 158 valence electrons. The Kier molecular flexibility index (Phi) is 15.1. The Bertz CT molecular complexity index is 561. The lowest BCUT2D eigenvalue weighted by Crippen LogP contribution is -2.46. The van der Waals surface area contributed by atoms with E-state index in [-0.39, 0.29) is 0 Å². The first-order valence-corrected chi connectivity index (χ1v) is 11.2. The molecule has 1 heterocycles. The lowest BCUT2D eigenvalue weighted by Gasteiger charge is -2.36. The van der Waals surface area contributed by atoms with Crippen molar-refractivity contribution in [2.24, 2.45) is 0 Å². The Labute approximate surface area is 175 Å². The quantitative estimate of drug-likeness (QED) is 0.464. The van der Waals surface area contributed by atoms with E-state index in [9.17, 15) is 0 Å². The number of benzene rings is 1. The minimum atomic E-state index is 0.650. The molecule has 1 saturated heterocycles. The van der Waals surface area contributed by atoms with Crippen molar-refractivity contribution in [1.29, 1.82) is 0 Å². The average molecular weight is 385 g/mol. The van der Waals surface area contributed by atoms with Crippen LogP contribution in [0.3, 0.4) is 0 Å². The van der Waals surface area contributed by atoms with E-state index in [4.69, 9.17) is 0 Å². The van der Waals surface area contributed by atoms with Crippen molar-refractivity contribution in [1.82, 2.24) is 4.90 Å². The van der Waals surface area contributed by atoms with E-state index in [1.54, 1.807) is 0 Å². The minimum absolute atomic E-state index is 0.650. The lowest BCUT2D eigenvalue weighted by molar-refractivity contribution is 0.280. The summed E-state index contributed by atoms with van der Waals surface area (Å²) in [5.74, 6) is 0.650. The number of piperazine rings is 1. The van der Waals surface area contributed by atoms with Crippen molar-refractivity contribution in [2.45, 2.75) is 60.8 Å². The zero-order chi connectivity index (χ0) is 21.4. The van der Waals surface area contributed by atoms with E-state index in [0.717, 1.165) is 32.7 Å². The molecule has 1 aliphatic heterocycles. The molecule has 0 saturated carbocycles. The summed E-state index contributed by atoms with van der Waals surface area (Å²) in [6.45, 7) is 23.9. The van der Waals surface area contributed by atoms with Crippen LogP contribution in [-0.4, -0.2) is 37.6 Å². The summed E-state index contributed by atoms with van der Waals surface area (Å²) in [5, 5.41) is 0. The molecule has 1 aliphatic rings. The van der Waals surface area contributed by atoms with Crippen LogP contribution in [0.15, 0.2) is 60.7 Å². The van der Waals surface area contributed by atoms with Gasteiger partial charge >= 0.3 is 0 Å². The van der Waals surface area contributed by atoms with Gasteiger partial charge in [0.15, 0.2) is 0 Å². The predicted molar refractivity (Wildman–Crippen MR) is 130 cm³/mol. The highest BCUT2D eigenvalue weighted by molar-refractivity contribution is 5.48. The van der Waals surface area contributed by atoms with Crippen molar-refractivity contribution in [3.8, 4) is 0 Å². The number of hydrogen-bond acceptors (Lipinski definition) is 2. The summed E-state index contributed by atoms with van der Waals surface area (Å²) in [6, 6.07) is 9.17. The molecule has 0 radical (unpaired) electrons. The first-order chi connectivity index (χ1) is 13.7. The maximum Gasteiger partial charge on any atom is 0.0367 e. The van der Waals surface area contributed by atoms with E-state index < -0.39 is 0 Å². The SMILES string of the molecule is C=C/C(=C\C=C/C)CN1CCN(c2ccc(C(C)CC)cc2)CC1.CC.CC. The van der Waals surface area contributed by atoms with Crippen LogP contribution in [0.4, 0.5) is 5.69 Å². The summed E-state index contributed by atoms with van der Waals surface area (Å²) >= 11 is 0. The van der Waals surface area contributed by atoms with Crippen molar-refractivity contribution in [3.05, 3.63) is 66.3 Å². The van der Waals surface area contributed by atoms with Gasteiger partial charge in [0.2, 0.25) is 0 Å². The zero-order valence-corrected chi connectivity index (χ0v) is 19.5. The summed E-state index contributed by atoms with van der Waals surface area (Å²) < 4.78 is 0. The Morgan fingerprint density at radius 2 is 1.61 bits per heavy atom. The van der Waals surface area contributed by atoms with Crippen LogP contribution in [0, 0.1) is 0 Å². The first-order valence-electron chi connectivity index (χ1n) is 11.2. The molecule has 28 heavy (non-hydrogen) atoms. The zero-order valence-electron chi connectivity index (χ0n) is 19.5. The predicted octanol–water partition coefficient (Wildman–Crippen LogP) is 7.06. The molecule has 0 N–H and O–H groups in total. The van der Waals surface area contributed by atoms with Crippen molar-refractivity contribution in [2.75, 3.05) is 37.6 Å². The largest absolute Gasteiger partial charge is 0.369 e. The highest BCUT2D eigenvalue weighted by atomic mass is 15.3. The molecule has 0 spiro atoms. The highest BCUT2D eigenvalue weighted by Gasteiger charge is 2.17.